The minimum Gasteiger partial charge on any atom is -0.346 e. The fourth-order valence-electron chi connectivity index (χ4n) is 3.04. The molecule has 0 heterocycles. The summed E-state index contributed by atoms with van der Waals surface area (Å²) in [5, 5.41) is 3.52. The van der Waals surface area contributed by atoms with Crippen LogP contribution in [0, 0.1) is 0 Å². The highest BCUT2D eigenvalue weighted by Crippen LogP contribution is 2.18. The van der Waals surface area contributed by atoms with E-state index >= 15 is 0 Å². The number of hydrogen-bond acceptors (Lipinski definition) is 4. The molecule has 0 aliphatic rings. The number of carbonyl (C=O) groups is 2. The van der Waals surface area contributed by atoms with Gasteiger partial charge in [0, 0.05) is 22.7 Å². The molecule has 32 heavy (non-hydrogen) atoms. The molecule has 0 bridgehead atoms. The van der Waals surface area contributed by atoms with Crippen LogP contribution < -0.4 is 10.0 Å². The fourth-order valence-corrected chi connectivity index (χ4v) is 4.26. The molecular formula is C24H23ClN2O4S. The van der Waals surface area contributed by atoms with Crippen molar-refractivity contribution >= 4 is 33.3 Å². The quantitative estimate of drug-likeness (QED) is 0.474. The third-order valence-electron chi connectivity index (χ3n) is 4.95. The molecule has 0 fully saturated rings. The first kappa shape index (κ1) is 23.7. The normalized spacial score (nSPS) is 12.2. The first-order valence-electron chi connectivity index (χ1n) is 9.91. The number of sulfonamides is 1. The van der Waals surface area contributed by atoms with Gasteiger partial charge in [0.05, 0.1) is 10.9 Å². The summed E-state index contributed by atoms with van der Waals surface area (Å²) in [6.45, 7) is 3.36. The molecular weight excluding hydrogens is 448 g/mol. The van der Waals surface area contributed by atoms with E-state index in [1.807, 2.05) is 19.1 Å². The van der Waals surface area contributed by atoms with Gasteiger partial charge in [0.25, 0.3) is 5.91 Å². The van der Waals surface area contributed by atoms with Crippen molar-refractivity contribution in [2.75, 3.05) is 0 Å². The molecule has 0 saturated heterocycles. The summed E-state index contributed by atoms with van der Waals surface area (Å²) in [6, 6.07) is 19.5. The second-order valence-corrected chi connectivity index (χ2v) is 9.56. The van der Waals surface area contributed by atoms with Crippen molar-refractivity contribution in [1.29, 1.82) is 0 Å². The van der Waals surface area contributed by atoms with Crippen LogP contribution in [0.5, 0.6) is 0 Å². The Hall–Kier alpha value is -3.00. The third-order valence-corrected chi connectivity index (χ3v) is 6.60. The molecule has 3 aromatic rings. The highest BCUT2D eigenvalue weighted by atomic mass is 35.5. The first-order valence-corrected chi connectivity index (χ1v) is 11.8. The standard InChI is InChI=1S/C24H23ClN2O4S/c1-16(21-4-3-5-22(25)14-21)27-24(29)20-8-6-18(7-9-20)15-26-32(30,31)23-12-10-19(11-13-23)17(2)28/h3-14,16,26H,15H2,1-2H3,(H,27,29)/t16-/m0/s1. The maximum atomic E-state index is 12.5. The number of ketones is 1. The predicted octanol–water partition coefficient (Wildman–Crippen LogP) is 4.51. The molecule has 1 amide bonds. The van der Waals surface area contributed by atoms with Crippen LogP contribution in [0.4, 0.5) is 0 Å². The van der Waals surface area contributed by atoms with Crippen LogP contribution in [-0.2, 0) is 16.6 Å². The molecule has 3 rings (SSSR count). The monoisotopic (exact) mass is 470 g/mol. The molecule has 6 nitrogen and oxygen atoms in total. The predicted molar refractivity (Wildman–Crippen MR) is 124 cm³/mol. The van der Waals surface area contributed by atoms with Gasteiger partial charge >= 0.3 is 0 Å². The number of Topliss-reactive ketones (excluding diaryl/α,β-unsaturated/α-hetero) is 1. The molecule has 0 radical (unpaired) electrons. The van der Waals surface area contributed by atoms with E-state index in [1.54, 1.807) is 36.4 Å². The van der Waals surface area contributed by atoms with Gasteiger partial charge in [-0.15, -0.1) is 0 Å². The maximum Gasteiger partial charge on any atom is 0.251 e. The van der Waals surface area contributed by atoms with Crippen LogP contribution >= 0.6 is 11.6 Å². The van der Waals surface area contributed by atoms with E-state index in [9.17, 15) is 18.0 Å². The Morgan fingerprint density at radius 2 is 1.56 bits per heavy atom. The maximum absolute atomic E-state index is 12.5. The lowest BCUT2D eigenvalue weighted by Crippen LogP contribution is -2.26. The summed E-state index contributed by atoms with van der Waals surface area (Å²) in [6.07, 6.45) is 0. The first-order chi connectivity index (χ1) is 15.2. The minimum atomic E-state index is -3.73. The van der Waals surface area contributed by atoms with Gasteiger partial charge in [-0.25, -0.2) is 13.1 Å². The summed E-state index contributed by atoms with van der Waals surface area (Å²) in [4.78, 5) is 23.9. The second-order valence-electron chi connectivity index (χ2n) is 7.35. The number of rotatable bonds is 8. The Balaban J connectivity index is 1.60. The third kappa shape index (κ3) is 6.03. The molecule has 166 valence electrons. The van der Waals surface area contributed by atoms with Gasteiger partial charge < -0.3 is 5.32 Å². The topological polar surface area (TPSA) is 92.3 Å². The summed E-state index contributed by atoms with van der Waals surface area (Å²) >= 11 is 6.01. The number of hydrogen-bond donors (Lipinski definition) is 2. The molecule has 0 unspecified atom stereocenters. The lowest BCUT2D eigenvalue weighted by molar-refractivity contribution is 0.0939. The zero-order valence-electron chi connectivity index (χ0n) is 17.6. The van der Waals surface area contributed by atoms with Crippen molar-refractivity contribution in [3.63, 3.8) is 0 Å². The second kappa shape index (κ2) is 10.1. The zero-order valence-corrected chi connectivity index (χ0v) is 19.2. The molecule has 3 aromatic carbocycles. The lowest BCUT2D eigenvalue weighted by Gasteiger charge is -2.15. The van der Waals surface area contributed by atoms with Crippen LogP contribution in [0.3, 0.4) is 0 Å². The van der Waals surface area contributed by atoms with Gasteiger partial charge in [0.1, 0.15) is 0 Å². The van der Waals surface area contributed by atoms with Gasteiger partial charge in [-0.05, 0) is 61.4 Å². The van der Waals surface area contributed by atoms with E-state index in [2.05, 4.69) is 10.0 Å². The van der Waals surface area contributed by atoms with Gasteiger partial charge in [0.15, 0.2) is 5.78 Å². The smallest absolute Gasteiger partial charge is 0.251 e. The van der Waals surface area contributed by atoms with E-state index in [0.717, 1.165) is 5.56 Å². The van der Waals surface area contributed by atoms with Gasteiger partial charge in [-0.1, -0.05) is 48.0 Å². The van der Waals surface area contributed by atoms with Crippen molar-refractivity contribution in [1.82, 2.24) is 10.0 Å². The van der Waals surface area contributed by atoms with E-state index in [-0.39, 0.29) is 29.2 Å². The molecule has 2 N–H and O–H groups in total. The van der Waals surface area contributed by atoms with Gasteiger partial charge in [-0.2, -0.15) is 0 Å². The molecule has 0 aromatic heterocycles. The fraction of sp³-hybridized carbons (Fsp3) is 0.167. The highest BCUT2D eigenvalue weighted by molar-refractivity contribution is 7.89. The van der Waals surface area contributed by atoms with E-state index in [0.29, 0.717) is 21.7 Å². The minimum absolute atomic E-state index is 0.0671. The van der Waals surface area contributed by atoms with Crippen LogP contribution in [0.25, 0.3) is 0 Å². The average Bonchev–Trinajstić information content (AvgIpc) is 2.78. The number of halogens is 1. The van der Waals surface area contributed by atoms with Gasteiger partial charge in [-0.3, -0.25) is 9.59 Å². The Labute approximate surface area is 192 Å². The van der Waals surface area contributed by atoms with E-state index in [1.165, 1.54) is 31.2 Å². The summed E-state index contributed by atoms with van der Waals surface area (Å²) in [7, 11) is -3.73. The number of benzene rings is 3. The Morgan fingerprint density at radius 3 is 2.16 bits per heavy atom. The van der Waals surface area contributed by atoms with Crippen molar-refractivity contribution in [3.8, 4) is 0 Å². The Morgan fingerprint density at radius 1 is 0.938 bits per heavy atom. The highest BCUT2D eigenvalue weighted by Gasteiger charge is 2.15. The molecule has 0 spiro atoms. The number of amides is 1. The van der Waals surface area contributed by atoms with Gasteiger partial charge in [0.2, 0.25) is 10.0 Å². The van der Waals surface area contributed by atoms with Crippen LogP contribution in [0.1, 0.15) is 51.7 Å². The number of carbonyl (C=O) groups excluding carboxylic acids is 2. The van der Waals surface area contributed by atoms with E-state index in [4.69, 9.17) is 11.6 Å². The average molecular weight is 471 g/mol. The Bertz CT molecular complexity index is 1220. The SMILES string of the molecule is CC(=O)c1ccc(S(=O)(=O)NCc2ccc(C(=O)N[C@@H](C)c3cccc(Cl)c3)cc2)cc1. The zero-order chi connectivity index (χ0) is 23.3. The Kier molecular flexibility index (Phi) is 7.45. The molecule has 0 aliphatic heterocycles. The largest absolute Gasteiger partial charge is 0.346 e. The summed E-state index contributed by atoms with van der Waals surface area (Å²) in [5.74, 6) is -0.372. The summed E-state index contributed by atoms with van der Waals surface area (Å²) < 4.78 is 27.5. The lowest BCUT2D eigenvalue weighted by atomic mass is 10.1. The van der Waals surface area contributed by atoms with Crippen molar-refractivity contribution < 1.29 is 18.0 Å². The van der Waals surface area contributed by atoms with Crippen molar-refractivity contribution in [3.05, 3.63) is 100 Å². The van der Waals surface area contributed by atoms with E-state index < -0.39 is 10.0 Å². The summed E-state index contributed by atoms with van der Waals surface area (Å²) in [5.41, 5.74) is 2.51. The van der Waals surface area contributed by atoms with Crippen molar-refractivity contribution in [2.24, 2.45) is 0 Å². The van der Waals surface area contributed by atoms with Crippen LogP contribution in [0.2, 0.25) is 5.02 Å². The molecule has 0 aliphatic carbocycles. The van der Waals surface area contributed by atoms with Crippen molar-refractivity contribution in [2.45, 2.75) is 31.3 Å². The van der Waals surface area contributed by atoms with Crippen LogP contribution in [0.15, 0.2) is 77.7 Å². The molecule has 1 atom stereocenters. The molecule has 0 saturated carbocycles. The molecule has 8 heteroatoms. The van der Waals surface area contributed by atoms with Crippen LogP contribution in [-0.4, -0.2) is 20.1 Å². The number of nitrogens with one attached hydrogen (secondary N) is 2.